The fourth-order valence-corrected chi connectivity index (χ4v) is 9.34. The molecule has 5 fully saturated rings. The number of anilines is 1. The van der Waals surface area contributed by atoms with Gasteiger partial charge in [-0.25, -0.2) is 19.4 Å². The van der Waals surface area contributed by atoms with Crippen molar-refractivity contribution in [2.24, 2.45) is 0 Å². The van der Waals surface area contributed by atoms with Crippen LogP contribution in [0.25, 0.3) is 22.3 Å². The first-order chi connectivity index (χ1) is 25.5. The number of hydrogen-bond acceptors (Lipinski definition) is 10. The summed E-state index contributed by atoms with van der Waals surface area (Å²) in [5.41, 5.74) is 9.04. The standard InChI is InChI=1S/C39H50N10O3/c40-37-35-36(27-6-8-34(9-7-27)52-33-4-2-1-3-5-33)43-49(38(35)42-26-41-37)30-14-20-46(21-15-30)31-22-47(23-31)29-12-16-44(17-13-29)28-10-18-45(19-11-28)32-24-48(25-32)39(50)51/h1-9,26,28-32H,10-25H2,(H,50,51)(H2,40,41,42). The molecule has 13 heteroatoms. The van der Waals surface area contributed by atoms with Crippen LogP contribution in [0.2, 0.25) is 0 Å². The van der Waals surface area contributed by atoms with Gasteiger partial charge < -0.3 is 25.4 Å². The van der Waals surface area contributed by atoms with E-state index in [1.54, 1.807) is 6.33 Å². The molecule has 4 aromatic rings. The number of aromatic nitrogens is 4. The van der Waals surface area contributed by atoms with E-state index < -0.39 is 6.09 Å². The van der Waals surface area contributed by atoms with E-state index in [0.29, 0.717) is 43.1 Å². The predicted octanol–water partition coefficient (Wildman–Crippen LogP) is 4.48. The number of benzene rings is 2. The summed E-state index contributed by atoms with van der Waals surface area (Å²) in [5, 5.41) is 15.1. The Bertz CT molecular complexity index is 1840. The number of carboxylic acid groups (broad SMARTS) is 1. The van der Waals surface area contributed by atoms with E-state index in [9.17, 15) is 4.79 Å². The molecular formula is C39H50N10O3. The average Bonchev–Trinajstić information content (AvgIpc) is 3.53. The van der Waals surface area contributed by atoms with E-state index in [2.05, 4.69) is 34.2 Å². The number of piperidine rings is 3. The Hall–Kier alpha value is -4.30. The summed E-state index contributed by atoms with van der Waals surface area (Å²) in [5.74, 6) is 2.03. The Morgan fingerprint density at radius 2 is 1.19 bits per heavy atom. The first-order valence-electron chi connectivity index (χ1n) is 19.2. The van der Waals surface area contributed by atoms with E-state index in [4.69, 9.17) is 20.7 Å². The molecule has 5 saturated heterocycles. The van der Waals surface area contributed by atoms with Crippen molar-refractivity contribution in [3.05, 3.63) is 60.9 Å². The molecule has 3 N–H and O–H groups in total. The van der Waals surface area contributed by atoms with Gasteiger partial charge in [0.25, 0.3) is 0 Å². The van der Waals surface area contributed by atoms with Gasteiger partial charge in [0, 0.05) is 82.1 Å². The van der Waals surface area contributed by atoms with Crippen molar-refractivity contribution in [1.29, 1.82) is 0 Å². The number of ether oxygens (including phenoxy) is 1. The van der Waals surface area contributed by atoms with Crippen molar-refractivity contribution >= 4 is 22.9 Å². The lowest BCUT2D eigenvalue weighted by Crippen LogP contribution is -2.65. The van der Waals surface area contributed by atoms with Crippen LogP contribution in [-0.4, -0.2) is 145 Å². The van der Waals surface area contributed by atoms with Gasteiger partial charge in [0.15, 0.2) is 5.65 Å². The number of rotatable bonds is 8. The van der Waals surface area contributed by atoms with Gasteiger partial charge in [-0.1, -0.05) is 18.2 Å². The van der Waals surface area contributed by atoms with Crippen LogP contribution in [0.15, 0.2) is 60.9 Å². The third-order valence-electron chi connectivity index (χ3n) is 12.6. The second-order valence-corrected chi connectivity index (χ2v) is 15.4. The molecule has 0 atom stereocenters. The van der Waals surface area contributed by atoms with Gasteiger partial charge in [0.2, 0.25) is 0 Å². The predicted molar refractivity (Wildman–Crippen MR) is 199 cm³/mol. The van der Waals surface area contributed by atoms with E-state index in [-0.39, 0.29) is 6.04 Å². The number of nitrogens with zero attached hydrogens (tertiary/aromatic N) is 9. The van der Waals surface area contributed by atoms with Crippen molar-refractivity contribution in [1.82, 2.24) is 44.2 Å². The second kappa shape index (κ2) is 14.3. The van der Waals surface area contributed by atoms with E-state index in [1.807, 2.05) is 54.6 Å². The number of hydrogen-bond donors (Lipinski definition) is 2. The molecule has 9 rings (SSSR count). The smallest absolute Gasteiger partial charge is 0.407 e. The second-order valence-electron chi connectivity index (χ2n) is 15.4. The molecule has 0 radical (unpaired) electrons. The summed E-state index contributed by atoms with van der Waals surface area (Å²) >= 11 is 0. The van der Waals surface area contributed by atoms with Crippen LogP contribution in [-0.2, 0) is 0 Å². The number of para-hydroxylation sites is 1. The summed E-state index contributed by atoms with van der Waals surface area (Å²) in [7, 11) is 0. The maximum Gasteiger partial charge on any atom is 0.407 e. The quantitative estimate of drug-likeness (QED) is 0.269. The largest absolute Gasteiger partial charge is 0.465 e. The number of likely N-dealkylation sites (tertiary alicyclic amines) is 5. The number of nitrogen functional groups attached to an aromatic ring is 1. The maximum atomic E-state index is 11.1. The lowest BCUT2D eigenvalue weighted by molar-refractivity contribution is -0.0346. The third-order valence-corrected chi connectivity index (χ3v) is 12.6. The summed E-state index contributed by atoms with van der Waals surface area (Å²) in [4.78, 5) is 32.4. The summed E-state index contributed by atoms with van der Waals surface area (Å²) < 4.78 is 8.12. The molecule has 2 aromatic heterocycles. The molecule has 0 saturated carbocycles. The molecule has 5 aliphatic heterocycles. The molecular weight excluding hydrogens is 656 g/mol. The van der Waals surface area contributed by atoms with Gasteiger partial charge in [-0.05, 0) is 88.0 Å². The highest BCUT2D eigenvalue weighted by Crippen LogP contribution is 2.36. The van der Waals surface area contributed by atoms with Crippen LogP contribution in [0.5, 0.6) is 11.5 Å². The molecule has 0 unspecified atom stereocenters. The average molecular weight is 707 g/mol. The highest BCUT2D eigenvalue weighted by Gasteiger charge is 2.41. The zero-order valence-corrected chi connectivity index (χ0v) is 29.8. The van der Waals surface area contributed by atoms with Crippen LogP contribution in [0.1, 0.15) is 44.6 Å². The zero-order valence-electron chi connectivity index (χ0n) is 29.8. The topological polar surface area (TPSA) is 132 Å². The first-order valence-corrected chi connectivity index (χ1v) is 19.2. The van der Waals surface area contributed by atoms with Crippen LogP contribution in [0, 0.1) is 0 Å². The molecule has 1 amide bonds. The normalized spacial score (nSPS) is 22.8. The van der Waals surface area contributed by atoms with Gasteiger partial charge in [0.1, 0.15) is 29.3 Å². The van der Waals surface area contributed by atoms with Crippen molar-refractivity contribution in [2.75, 3.05) is 71.2 Å². The summed E-state index contributed by atoms with van der Waals surface area (Å²) in [6.45, 7) is 10.5. The highest BCUT2D eigenvalue weighted by molar-refractivity contribution is 5.98. The molecule has 2 aromatic carbocycles. The van der Waals surface area contributed by atoms with Crippen LogP contribution in [0.4, 0.5) is 10.6 Å². The number of fused-ring (bicyclic) bond motifs is 1. The van der Waals surface area contributed by atoms with Crippen molar-refractivity contribution in [2.45, 2.75) is 68.7 Å². The minimum absolute atomic E-state index is 0.267. The van der Waals surface area contributed by atoms with Gasteiger partial charge in [-0.3, -0.25) is 14.7 Å². The maximum absolute atomic E-state index is 11.1. The van der Waals surface area contributed by atoms with Gasteiger partial charge in [-0.15, -0.1) is 0 Å². The number of amides is 1. The Morgan fingerprint density at radius 3 is 1.81 bits per heavy atom. The van der Waals surface area contributed by atoms with Crippen molar-refractivity contribution in [3.63, 3.8) is 0 Å². The van der Waals surface area contributed by atoms with Crippen molar-refractivity contribution in [3.8, 4) is 22.8 Å². The third kappa shape index (κ3) is 6.59. The number of carbonyl (C=O) groups is 1. The number of nitrogens with two attached hydrogens (primary N) is 1. The molecule has 0 spiro atoms. The van der Waals surface area contributed by atoms with Gasteiger partial charge in [0.05, 0.1) is 11.4 Å². The molecule has 0 aliphatic carbocycles. The van der Waals surface area contributed by atoms with Crippen LogP contribution in [0.3, 0.4) is 0 Å². The summed E-state index contributed by atoms with van der Waals surface area (Å²) in [6, 6.07) is 20.5. The van der Waals surface area contributed by atoms with Gasteiger partial charge in [-0.2, -0.15) is 5.10 Å². The minimum Gasteiger partial charge on any atom is -0.465 e. The molecule has 52 heavy (non-hydrogen) atoms. The zero-order chi connectivity index (χ0) is 35.2. The lowest BCUT2D eigenvalue weighted by atomic mass is 9.92. The molecule has 7 heterocycles. The lowest BCUT2D eigenvalue weighted by Gasteiger charge is -2.53. The summed E-state index contributed by atoms with van der Waals surface area (Å²) in [6.07, 6.45) is 7.81. The monoisotopic (exact) mass is 706 g/mol. The Kier molecular flexibility index (Phi) is 9.20. The highest BCUT2D eigenvalue weighted by atomic mass is 16.5. The molecule has 13 nitrogen and oxygen atoms in total. The van der Waals surface area contributed by atoms with E-state index in [1.165, 1.54) is 56.8 Å². The van der Waals surface area contributed by atoms with E-state index >= 15 is 0 Å². The van der Waals surface area contributed by atoms with E-state index in [0.717, 1.165) is 72.8 Å². The van der Waals surface area contributed by atoms with Gasteiger partial charge >= 0.3 is 6.09 Å². The molecule has 5 aliphatic rings. The first kappa shape index (κ1) is 33.5. The fraction of sp³-hybridized carbons (Fsp3) is 0.538. The van der Waals surface area contributed by atoms with Crippen LogP contribution < -0.4 is 10.5 Å². The Labute approximate surface area is 304 Å². The Morgan fingerprint density at radius 1 is 0.654 bits per heavy atom. The Balaban J connectivity index is 0.752. The fourth-order valence-electron chi connectivity index (χ4n) is 9.34. The molecule has 0 bridgehead atoms. The van der Waals surface area contributed by atoms with Crippen molar-refractivity contribution < 1.29 is 14.6 Å². The minimum atomic E-state index is -0.780. The molecule has 274 valence electrons. The SMILES string of the molecule is Nc1ncnc2c1c(-c1ccc(Oc3ccccc3)cc1)nn2C1CCN(C2CN(C3CCN(C4CCN(C5CN(C(=O)O)C5)CC4)CC3)C2)CC1. The van der Waals surface area contributed by atoms with Crippen LogP contribution >= 0.6 is 0 Å².